The van der Waals surface area contributed by atoms with E-state index in [0.29, 0.717) is 30.3 Å². The van der Waals surface area contributed by atoms with Crippen molar-refractivity contribution >= 4 is 5.91 Å². The van der Waals surface area contributed by atoms with Gasteiger partial charge in [0, 0.05) is 37.4 Å². The summed E-state index contributed by atoms with van der Waals surface area (Å²) in [6.07, 6.45) is 2.94. The van der Waals surface area contributed by atoms with Crippen LogP contribution in [0.1, 0.15) is 66.7 Å². The minimum atomic E-state index is -0.0749. The van der Waals surface area contributed by atoms with Gasteiger partial charge in [-0.05, 0) is 51.2 Å². The molecular weight excluding hydrogens is 340 g/mol. The van der Waals surface area contributed by atoms with E-state index >= 15 is 0 Å². The molecule has 0 saturated heterocycles. The fraction of sp³-hybridized carbons (Fsp3) is 0.476. The third kappa shape index (κ3) is 4.20. The number of nitriles is 1. The highest BCUT2D eigenvalue weighted by Crippen LogP contribution is 2.46. The molecule has 1 aliphatic carbocycles. The zero-order valence-corrected chi connectivity index (χ0v) is 16.2. The molecule has 0 unspecified atom stereocenters. The molecule has 6 heteroatoms. The van der Waals surface area contributed by atoms with Crippen LogP contribution in [-0.2, 0) is 4.74 Å². The Morgan fingerprint density at radius 1 is 1.37 bits per heavy atom. The van der Waals surface area contributed by atoms with Crippen molar-refractivity contribution in [2.24, 2.45) is 0 Å². The monoisotopic (exact) mass is 366 g/mol. The van der Waals surface area contributed by atoms with Crippen molar-refractivity contribution in [3.63, 3.8) is 0 Å². The standard InChI is InChI=1S/C21H26N4O2/c1-14(2)25-20(21(26)23-11-4-12-27-3)18(16-9-10-16)19(24-25)17-7-5-15(13-22)6-8-17/h5-8,14,16H,4,9-12H2,1-3H3,(H,23,26). The molecular formula is C21H26N4O2. The highest BCUT2D eigenvalue weighted by Gasteiger charge is 2.35. The summed E-state index contributed by atoms with van der Waals surface area (Å²) in [5, 5.41) is 16.9. The fourth-order valence-electron chi connectivity index (χ4n) is 3.22. The Kier molecular flexibility index (Phi) is 5.92. The topological polar surface area (TPSA) is 79.9 Å². The number of carbonyl (C=O) groups is 1. The largest absolute Gasteiger partial charge is 0.385 e. The van der Waals surface area contributed by atoms with Crippen molar-refractivity contribution in [2.75, 3.05) is 20.3 Å². The van der Waals surface area contributed by atoms with Gasteiger partial charge in [0.05, 0.1) is 17.3 Å². The lowest BCUT2D eigenvalue weighted by Crippen LogP contribution is -2.29. The Hall–Kier alpha value is -2.65. The van der Waals surface area contributed by atoms with E-state index in [1.165, 1.54) is 0 Å². The number of benzene rings is 1. The number of hydrogen-bond donors (Lipinski definition) is 1. The van der Waals surface area contributed by atoms with E-state index < -0.39 is 0 Å². The predicted molar refractivity (Wildman–Crippen MR) is 104 cm³/mol. The SMILES string of the molecule is COCCCNC(=O)c1c(C2CC2)c(-c2ccc(C#N)cc2)nn1C(C)C. The number of rotatable bonds is 8. The fourth-order valence-corrected chi connectivity index (χ4v) is 3.22. The Morgan fingerprint density at radius 3 is 2.63 bits per heavy atom. The van der Waals surface area contributed by atoms with Crippen molar-refractivity contribution in [3.05, 3.63) is 41.1 Å². The van der Waals surface area contributed by atoms with Gasteiger partial charge in [-0.25, -0.2) is 0 Å². The van der Waals surface area contributed by atoms with Crippen LogP contribution in [0.2, 0.25) is 0 Å². The first-order chi connectivity index (χ1) is 13.1. The highest BCUT2D eigenvalue weighted by atomic mass is 16.5. The van der Waals surface area contributed by atoms with Gasteiger partial charge in [0.1, 0.15) is 5.69 Å². The molecule has 1 saturated carbocycles. The van der Waals surface area contributed by atoms with Crippen LogP contribution in [0.25, 0.3) is 11.3 Å². The Balaban J connectivity index is 1.99. The van der Waals surface area contributed by atoms with Crippen LogP contribution >= 0.6 is 0 Å². The second-order valence-corrected chi connectivity index (χ2v) is 7.21. The number of ether oxygens (including phenoxy) is 1. The van der Waals surface area contributed by atoms with Crippen LogP contribution in [0, 0.1) is 11.3 Å². The molecule has 0 atom stereocenters. The van der Waals surface area contributed by atoms with Crippen LogP contribution in [0.3, 0.4) is 0 Å². The van der Waals surface area contributed by atoms with Crippen LogP contribution < -0.4 is 5.32 Å². The maximum Gasteiger partial charge on any atom is 0.269 e. The van der Waals surface area contributed by atoms with Gasteiger partial charge in [-0.3, -0.25) is 9.48 Å². The van der Waals surface area contributed by atoms with Gasteiger partial charge in [0.15, 0.2) is 0 Å². The van der Waals surface area contributed by atoms with E-state index in [1.54, 1.807) is 19.2 Å². The maximum atomic E-state index is 13.0. The average molecular weight is 366 g/mol. The summed E-state index contributed by atoms with van der Waals surface area (Å²) >= 11 is 0. The lowest BCUT2D eigenvalue weighted by molar-refractivity contribution is 0.0935. The number of nitrogens with zero attached hydrogens (tertiary/aromatic N) is 3. The lowest BCUT2D eigenvalue weighted by atomic mass is 10.0. The predicted octanol–water partition coefficient (Wildman–Crippen LogP) is 3.65. The third-order valence-electron chi connectivity index (χ3n) is 4.74. The molecule has 27 heavy (non-hydrogen) atoms. The summed E-state index contributed by atoms with van der Waals surface area (Å²) in [6.45, 7) is 5.27. The molecule has 1 aromatic heterocycles. The van der Waals surface area contributed by atoms with Gasteiger partial charge in [0.25, 0.3) is 5.91 Å². The van der Waals surface area contributed by atoms with Crippen molar-refractivity contribution in [3.8, 4) is 17.3 Å². The molecule has 3 rings (SSSR count). The Morgan fingerprint density at radius 2 is 2.07 bits per heavy atom. The Bertz CT molecular complexity index is 842. The molecule has 1 amide bonds. The number of methoxy groups -OCH3 is 1. The third-order valence-corrected chi connectivity index (χ3v) is 4.74. The van der Waals surface area contributed by atoms with E-state index in [1.807, 2.05) is 30.7 Å². The molecule has 1 aromatic carbocycles. The van der Waals surface area contributed by atoms with Crippen LogP contribution in [-0.4, -0.2) is 35.9 Å². The zero-order chi connectivity index (χ0) is 19.4. The van der Waals surface area contributed by atoms with Gasteiger partial charge in [-0.15, -0.1) is 0 Å². The zero-order valence-electron chi connectivity index (χ0n) is 16.2. The first kappa shape index (κ1) is 19.1. The van der Waals surface area contributed by atoms with Gasteiger partial charge < -0.3 is 10.1 Å². The molecule has 142 valence electrons. The summed E-state index contributed by atoms with van der Waals surface area (Å²) in [5.41, 5.74) is 4.13. The quantitative estimate of drug-likeness (QED) is 0.723. The van der Waals surface area contributed by atoms with Crippen molar-refractivity contribution in [2.45, 2.75) is 45.1 Å². The van der Waals surface area contributed by atoms with Crippen LogP contribution in [0.15, 0.2) is 24.3 Å². The smallest absolute Gasteiger partial charge is 0.269 e. The van der Waals surface area contributed by atoms with Crippen molar-refractivity contribution < 1.29 is 9.53 Å². The summed E-state index contributed by atoms with van der Waals surface area (Å²) in [4.78, 5) is 13.0. The maximum absolute atomic E-state index is 13.0. The van der Waals surface area contributed by atoms with Gasteiger partial charge >= 0.3 is 0 Å². The minimum absolute atomic E-state index is 0.0749. The summed E-state index contributed by atoms with van der Waals surface area (Å²) < 4.78 is 6.89. The molecule has 0 bridgehead atoms. The molecule has 6 nitrogen and oxygen atoms in total. The Labute approximate surface area is 160 Å². The number of nitrogens with one attached hydrogen (secondary N) is 1. The number of amides is 1. The molecule has 0 spiro atoms. The highest BCUT2D eigenvalue weighted by molar-refractivity contribution is 5.96. The number of hydrogen-bond acceptors (Lipinski definition) is 4. The average Bonchev–Trinajstić information content (AvgIpc) is 3.43. The molecule has 1 heterocycles. The van der Waals surface area contributed by atoms with E-state index in [2.05, 4.69) is 11.4 Å². The van der Waals surface area contributed by atoms with Crippen molar-refractivity contribution in [1.29, 1.82) is 5.26 Å². The van der Waals surface area contributed by atoms with Crippen LogP contribution in [0.4, 0.5) is 0 Å². The van der Waals surface area contributed by atoms with Crippen LogP contribution in [0.5, 0.6) is 0 Å². The molecule has 2 aromatic rings. The van der Waals surface area contributed by atoms with E-state index in [0.717, 1.165) is 36.1 Å². The second kappa shape index (κ2) is 8.36. The van der Waals surface area contributed by atoms with E-state index in [4.69, 9.17) is 15.1 Å². The molecule has 1 aliphatic rings. The second-order valence-electron chi connectivity index (χ2n) is 7.21. The normalized spacial score (nSPS) is 13.6. The van der Waals surface area contributed by atoms with Gasteiger partial charge in [0.2, 0.25) is 0 Å². The van der Waals surface area contributed by atoms with E-state index in [-0.39, 0.29) is 11.9 Å². The summed E-state index contributed by atoms with van der Waals surface area (Å²) in [6, 6.07) is 9.64. The first-order valence-electron chi connectivity index (χ1n) is 9.46. The van der Waals surface area contributed by atoms with Gasteiger partial charge in [-0.2, -0.15) is 10.4 Å². The lowest BCUT2D eigenvalue weighted by Gasteiger charge is -2.12. The van der Waals surface area contributed by atoms with E-state index in [9.17, 15) is 4.79 Å². The van der Waals surface area contributed by atoms with Crippen molar-refractivity contribution in [1.82, 2.24) is 15.1 Å². The minimum Gasteiger partial charge on any atom is -0.385 e. The number of carbonyl (C=O) groups excluding carboxylic acids is 1. The number of aromatic nitrogens is 2. The molecule has 1 N–H and O–H groups in total. The van der Waals surface area contributed by atoms with Gasteiger partial charge in [-0.1, -0.05) is 12.1 Å². The molecule has 0 radical (unpaired) electrons. The molecule has 0 aliphatic heterocycles. The summed E-state index contributed by atoms with van der Waals surface area (Å²) in [5.74, 6) is 0.303. The summed E-state index contributed by atoms with van der Waals surface area (Å²) in [7, 11) is 1.66. The molecule has 1 fully saturated rings. The first-order valence-corrected chi connectivity index (χ1v) is 9.46.